The summed E-state index contributed by atoms with van der Waals surface area (Å²) >= 11 is 0. The second kappa shape index (κ2) is 9.70. The van der Waals surface area contributed by atoms with Gasteiger partial charge in [-0.1, -0.05) is 19.1 Å². The Hall–Kier alpha value is -2.69. The zero-order valence-corrected chi connectivity index (χ0v) is 15.9. The summed E-state index contributed by atoms with van der Waals surface area (Å²) in [7, 11) is 0. The van der Waals surface area contributed by atoms with Gasteiger partial charge in [-0.05, 0) is 51.5 Å². The van der Waals surface area contributed by atoms with Gasteiger partial charge in [-0.2, -0.15) is 0 Å². The summed E-state index contributed by atoms with van der Waals surface area (Å²) in [5.41, 5.74) is 1.56. The van der Waals surface area contributed by atoms with Crippen LogP contribution < -0.4 is 20.1 Å². The standard InChI is InChI=1S/C21H28N2O3/c1-5-16(4)26-20-11-7-9-18(13-20)23-21(24)14-22-17-8-6-10-19(12-17)25-15(2)3/h6-13,15-16,22H,5,14H2,1-4H3,(H,23,24). The van der Waals surface area contributed by atoms with Gasteiger partial charge in [0, 0.05) is 23.5 Å². The summed E-state index contributed by atoms with van der Waals surface area (Å²) in [6.07, 6.45) is 1.18. The summed E-state index contributed by atoms with van der Waals surface area (Å²) in [5.74, 6) is 1.41. The number of rotatable bonds is 9. The van der Waals surface area contributed by atoms with Crippen LogP contribution in [0, 0.1) is 0 Å². The van der Waals surface area contributed by atoms with Gasteiger partial charge in [-0.15, -0.1) is 0 Å². The maximum absolute atomic E-state index is 12.2. The number of ether oxygens (including phenoxy) is 2. The van der Waals surface area contributed by atoms with E-state index in [1.807, 2.05) is 69.3 Å². The molecule has 5 nitrogen and oxygen atoms in total. The molecule has 0 aliphatic heterocycles. The zero-order chi connectivity index (χ0) is 18.9. The van der Waals surface area contributed by atoms with E-state index in [0.29, 0.717) is 0 Å². The van der Waals surface area contributed by atoms with Crippen molar-refractivity contribution in [2.75, 3.05) is 17.2 Å². The molecule has 1 unspecified atom stereocenters. The molecule has 0 heterocycles. The monoisotopic (exact) mass is 356 g/mol. The molecular weight excluding hydrogens is 328 g/mol. The van der Waals surface area contributed by atoms with Gasteiger partial charge in [-0.3, -0.25) is 4.79 Å². The van der Waals surface area contributed by atoms with Crippen molar-refractivity contribution in [1.82, 2.24) is 0 Å². The van der Waals surface area contributed by atoms with Crippen molar-refractivity contribution in [1.29, 1.82) is 0 Å². The number of carbonyl (C=O) groups is 1. The van der Waals surface area contributed by atoms with Crippen molar-refractivity contribution < 1.29 is 14.3 Å². The summed E-state index contributed by atoms with van der Waals surface area (Å²) in [6.45, 7) is 8.22. The van der Waals surface area contributed by atoms with Gasteiger partial charge in [-0.25, -0.2) is 0 Å². The van der Waals surface area contributed by atoms with Crippen LogP contribution in [0.5, 0.6) is 11.5 Å². The lowest BCUT2D eigenvalue weighted by atomic mass is 10.2. The van der Waals surface area contributed by atoms with Crippen LogP contribution in [0.15, 0.2) is 48.5 Å². The van der Waals surface area contributed by atoms with Gasteiger partial charge < -0.3 is 20.1 Å². The van der Waals surface area contributed by atoms with Crippen LogP contribution in [-0.4, -0.2) is 24.7 Å². The van der Waals surface area contributed by atoms with E-state index < -0.39 is 0 Å². The van der Waals surface area contributed by atoms with E-state index in [4.69, 9.17) is 9.47 Å². The van der Waals surface area contributed by atoms with Crippen LogP contribution in [0.1, 0.15) is 34.1 Å². The Morgan fingerprint density at radius 2 is 1.58 bits per heavy atom. The first kappa shape index (κ1) is 19.6. The van der Waals surface area contributed by atoms with Gasteiger partial charge in [0.25, 0.3) is 0 Å². The van der Waals surface area contributed by atoms with E-state index in [1.54, 1.807) is 0 Å². The Labute approximate surface area is 155 Å². The van der Waals surface area contributed by atoms with Crippen LogP contribution >= 0.6 is 0 Å². The minimum atomic E-state index is -0.124. The number of carbonyl (C=O) groups excluding carboxylic acids is 1. The molecule has 0 spiro atoms. The quantitative estimate of drug-likeness (QED) is 0.684. The summed E-state index contributed by atoms with van der Waals surface area (Å²) in [5, 5.41) is 5.99. The van der Waals surface area contributed by atoms with Gasteiger partial charge in [0.2, 0.25) is 5.91 Å². The van der Waals surface area contributed by atoms with E-state index in [9.17, 15) is 4.79 Å². The minimum Gasteiger partial charge on any atom is -0.491 e. The molecule has 1 amide bonds. The summed E-state index contributed by atoms with van der Waals surface area (Å²) < 4.78 is 11.4. The fourth-order valence-corrected chi connectivity index (χ4v) is 2.30. The molecule has 2 aromatic rings. The Morgan fingerprint density at radius 3 is 2.23 bits per heavy atom. The van der Waals surface area contributed by atoms with Gasteiger partial charge in [0.05, 0.1) is 18.8 Å². The van der Waals surface area contributed by atoms with Crippen molar-refractivity contribution in [2.45, 2.75) is 46.3 Å². The third kappa shape index (κ3) is 6.67. The molecule has 0 aromatic heterocycles. The minimum absolute atomic E-state index is 0.110. The third-order valence-electron chi connectivity index (χ3n) is 3.69. The molecule has 140 valence electrons. The molecule has 0 saturated carbocycles. The fraction of sp³-hybridized carbons (Fsp3) is 0.381. The van der Waals surface area contributed by atoms with Crippen molar-refractivity contribution in [3.8, 4) is 11.5 Å². The number of amides is 1. The van der Waals surface area contributed by atoms with Crippen LogP contribution in [0.4, 0.5) is 11.4 Å². The average Bonchev–Trinajstić information content (AvgIpc) is 2.60. The van der Waals surface area contributed by atoms with Crippen LogP contribution in [0.25, 0.3) is 0 Å². The predicted octanol–water partition coefficient (Wildman–Crippen LogP) is 4.70. The largest absolute Gasteiger partial charge is 0.491 e. The summed E-state index contributed by atoms with van der Waals surface area (Å²) in [6, 6.07) is 15.0. The average molecular weight is 356 g/mol. The maximum Gasteiger partial charge on any atom is 0.243 e. The van der Waals surface area contributed by atoms with Crippen LogP contribution in [-0.2, 0) is 4.79 Å². The predicted molar refractivity (Wildman–Crippen MR) is 106 cm³/mol. The van der Waals surface area contributed by atoms with Crippen molar-refractivity contribution >= 4 is 17.3 Å². The second-order valence-corrected chi connectivity index (χ2v) is 6.46. The lowest BCUT2D eigenvalue weighted by molar-refractivity contribution is -0.114. The molecule has 0 saturated heterocycles. The van der Waals surface area contributed by atoms with Gasteiger partial charge in [0.15, 0.2) is 0 Å². The smallest absolute Gasteiger partial charge is 0.243 e. The highest BCUT2D eigenvalue weighted by Crippen LogP contribution is 2.20. The van der Waals surface area contributed by atoms with Crippen molar-refractivity contribution in [2.24, 2.45) is 0 Å². The van der Waals surface area contributed by atoms with E-state index in [2.05, 4.69) is 17.6 Å². The molecule has 2 aromatic carbocycles. The lowest BCUT2D eigenvalue weighted by Gasteiger charge is -2.14. The highest BCUT2D eigenvalue weighted by Gasteiger charge is 2.06. The van der Waals surface area contributed by atoms with Crippen molar-refractivity contribution in [3.05, 3.63) is 48.5 Å². The Morgan fingerprint density at radius 1 is 0.962 bits per heavy atom. The van der Waals surface area contributed by atoms with E-state index in [-0.39, 0.29) is 24.7 Å². The molecule has 1 atom stereocenters. The molecule has 0 radical (unpaired) electrons. The third-order valence-corrected chi connectivity index (χ3v) is 3.69. The Bertz CT molecular complexity index is 716. The number of anilines is 2. The Balaban J connectivity index is 1.88. The molecular formula is C21H28N2O3. The normalized spacial score (nSPS) is 11.7. The van der Waals surface area contributed by atoms with E-state index in [0.717, 1.165) is 29.3 Å². The fourth-order valence-electron chi connectivity index (χ4n) is 2.30. The van der Waals surface area contributed by atoms with Gasteiger partial charge >= 0.3 is 0 Å². The first-order valence-electron chi connectivity index (χ1n) is 9.03. The van der Waals surface area contributed by atoms with Crippen molar-refractivity contribution in [3.63, 3.8) is 0 Å². The first-order valence-corrected chi connectivity index (χ1v) is 9.03. The van der Waals surface area contributed by atoms with E-state index >= 15 is 0 Å². The first-order chi connectivity index (χ1) is 12.5. The number of nitrogens with one attached hydrogen (secondary N) is 2. The second-order valence-electron chi connectivity index (χ2n) is 6.46. The number of hydrogen-bond donors (Lipinski definition) is 2. The SMILES string of the molecule is CCC(C)Oc1cccc(NC(=O)CNc2cccc(OC(C)C)c2)c1. The molecule has 2 rings (SSSR count). The van der Waals surface area contributed by atoms with Crippen LogP contribution in [0.3, 0.4) is 0 Å². The summed E-state index contributed by atoms with van der Waals surface area (Å²) in [4.78, 5) is 12.2. The Kier molecular flexibility index (Phi) is 7.33. The number of benzene rings is 2. The maximum atomic E-state index is 12.2. The zero-order valence-electron chi connectivity index (χ0n) is 15.9. The molecule has 0 aliphatic carbocycles. The molecule has 0 bridgehead atoms. The molecule has 26 heavy (non-hydrogen) atoms. The lowest BCUT2D eigenvalue weighted by Crippen LogP contribution is -2.21. The van der Waals surface area contributed by atoms with E-state index in [1.165, 1.54) is 0 Å². The molecule has 0 aliphatic rings. The molecule has 0 fully saturated rings. The van der Waals surface area contributed by atoms with Crippen LogP contribution in [0.2, 0.25) is 0 Å². The molecule has 2 N–H and O–H groups in total. The highest BCUT2D eigenvalue weighted by atomic mass is 16.5. The number of hydrogen-bond acceptors (Lipinski definition) is 4. The highest BCUT2D eigenvalue weighted by molar-refractivity contribution is 5.93. The van der Waals surface area contributed by atoms with Gasteiger partial charge in [0.1, 0.15) is 11.5 Å². The molecule has 5 heteroatoms. The topological polar surface area (TPSA) is 59.6 Å².